The fourth-order valence-electron chi connectivity index (χ4n) is 2.67. The van der Waals surface area contributed by atoms with Crippen molar-refractivity contribution >= 4 is 5.82 Å². The lowest BCUT2D eigenvalue weighted by molar-refractivity contribution is 0.572. The molecule has 106 valence electrons. The van der Waals surface area contributed by atoms with E-state index in [9.17, 15) is 0 Å². The van der Waals surface area contributed by atoms with Crippen molar-refractivity contribution in [2.75, 3.05) is 24.5 Å². The molecule has 2 rings (SSSR count). The van der Waals surface area contributed by atoms with E-state index in [1.54, 1.807) is 0 Å². The number of nitrogens with one attached hydrogen (secondary N) is 1. The van der Waals surface area contributed by atoms with Crippen LogP contribution in [-0.4, -0.2) is 24.6 Å². The van der Waals surface area contributed by atoms with Gasteiger partial charge in [0.05, 0.1) is 0 Å². The van der Waals surface area contributed by atoms with Gasteiger partial charge in [-0.15, -0.1) is 0 Å². The Morgan fingerprint density at radius 3 is 2.63 bits per heavy atom. The molecule has 0 aromatic carbocycles. The molecule has 3 nitrogen and oxygen atoms in total. The first-order valence-electron chi connectivity index (χ1n) is 7.79. The second-order valence-corrected chi connectivity index (χ2v) is 5.40. The van der Waals surface area contributed by atoms with E-state index < -0.39 is 0 Å². The second-order valence-electron chi connectivity index (χ2n) is 5.40. The van der Waals surface area contributed by atoms with Crippen molar-refractivity contribution in [2.45, 2.75) is 52.5 Å². The lowest BCUT2D eigenvalue weighted by atomic mass is 10.1. The van der Waals surface area contributed by atoms with Gasteiger partial charge in [-0.25, -0.2) is 4.98 Å². The fourth-order valence-corrected chi connectivity index (χ4v) is 2.67. The van der Waals surface area contributed by atoms with E-state index in [-0.39, 0.29) is 0 Å². The second kappa shape index (κ2) is 7.49. The van der Waals surface area contributed by atoms with Crippen LogP contribution >= 0.6 is 0 Å². The van der Waals surface area contributed by atoms with Gasteiger partial charge in [0.1, 0.15) is 5.82 Å². The van der Waals surface area contributed by atoms with Crippen molar-refractivity contribution in [2.24, 2.45) is 0 Å². The summed E-state index contributed by atoms with van der Waals surface area (Å²) in [6.45, 7) is 8.69. The van der Waals surface area contributed by atoms with Crippen LogP contribution in [0, 0.1) is 0 Å². The van der Waals surface area contributed by atoms with Crippen molar-refractivity contribution in [3.8, 4) is 0 Å². The SMILES string of the molecule is CCCc1cc(CNCC)cc(N2CCCCC2)n1. The number of piperidine rings is 1. The molecule has 1 fully saturated rings. The average Bonchev–Trinajstić information content (AvgIpc) is 2.46. The lowest BCUT2D eigenvalue weighted by Gasteiger charge is -2.28. The highest BCUT2D eigenvalue weighted by atomic mass is 15.2. The van der Waals surface area contributed by atoms with Gasteiger partial charge >= 0.3 is 0 Å². The van der Waals surface area contributed by atoms with Crippen LogP contribution in [-0.2, 0) is 13.0 Å². The molecule has 1 aromatic rings. The Kier molecular flexibility index (Phi) is 5.64. The van der Waals surface area contributed by atoms with Crippen molar-refractivity contribution in [1.29, 1.82) is 0 Å². The van der Waals surface area contributed by atoms with E-state index in [4.69, 9.17) is 4.98 Å². The van der Waals surface area contributed by atoms with E-state index >= 15 is 0 Å². The van der Waals surface area contributed by atoms with Crippen LogP contribution in [0.5, 0.6) is 0 Å². The van der Waals surface area contributed by atoms with Gasteiger partial charge in [0.2, 0.25) is 0 Å². The van der Waals surface area contributed by atoms with Crippen LogP contribution in [0.1, 0.15) is 50.8 Å². The Morgan fingerprint density at radius 2 is 1.95 bits per heavy atom. The first-order valence-corrected chi connectivity index (χ1v) is 7.79. The lowest BCUT2D eigenvalue weighted by Crippen LogP contribution is -2.30. The normalized spacial score (nSPS) is 15.8. The number of aromatic nitrogens is 1. The van der Waals surface area contributed by atoms with E-state index in [2.05, 4.69) is 36.2 Å². The standard InChI is InChI=1S/C16H27N3/c1-3-8-15-11-14(13-17-4-2)12-16(18-15)19-9-6-5-7-10-19/h11-12,17H,3-10,13H2,1-2H3. The van der Waals surface area contributed by atoms with Crippen LogP contribution in [0.15, 0.2) is 12.1 Å². The van der Waals surface area contributed by atoms with Crippen LogP contribution in [0.25, 0.3) is 0 Å². The van der Waals surface area contributed by atoms with Gasteiger partial charge in [0.15, 0.2) is 0 Å². The Morgan fingerprint density at radius 1 is 1.16 bits per heavy atom. The summed E-state index contributed by atoms with van der Waals surface area (Å²) >= 11 is 0. The maximum atomic E-state index is 4.85. The molecule has 1 aromatic heterocycles. The summed E-state index contributed by atoms with van der Waals surface area (Å²) in [6.07, 6.45) is 6.23. The van der Waals surface area contributed by atoms with Crippen molar-refractivity contribution in [1.82, 2.24) is 10.3 Å². The molecule has 0 saturated carbocycles. The molecule has 0 bridgehead atoms. The van der Waals surface area contributed by atoms with Crippen molar-refractivity contribution < 1.29 is 0 Å². The van der Waals surface area contributed by atoms with Gasteiger partial charge in [0.25, 0.3) is 0 Å². The summed E-state index contributed by atoms with van der Waals surface area (Å²) in [7, 11) is 0. The summed E-state index contributed by atoms with van der Waals surface area (Å²) in [5.74, 6) is 1.19. The molecule has 1 aliphatic heterocycles. The van der Waals surface area contributed by atoms with Crippen LogP contribution in [0.3, 0.4) is 0 Å². The molecule has 0 atom stereocenters. The highest BCUT2D eigenvalue weighted by molar-refractivity contribution is 5.43. The molecule has 0 radical (unpaired) electrons. The van der Waals surface area contributed by atoms with Gasteiger partial charge in [-0.05, 0) is 49.9 Å². The maximum Gasteiger partial charge on any atom is 0.129 e. The van der Waals surface area contributed by atoms with Crippen LogP contribution in [0.4, 0.5) is 5.82 Å². The largest absolute Gasteiger partial charge is 0.357 e. The minimum absolute atomic E-state index is 0.955. The zero-order chi connectivity index (χ0) is 13.5. The number of rotatable bonds is 6. The molecular weight excluding hydrogens is 234 g/mol. The van der Waals surface area contributed by atoms with E-state index in [1.165, 1.54) is 49.4 Å². The minimum Gasteiger partial charge on any atom is -0.357 e. The molecular formula is C16H27N3. The fraction of sp³-hybridized carbons (Fsp3) is 0.688. The van der Waals surface area contributed by atoms with Gasteiger partial charge < -0.3 is 10.2 Å². The third-order valence-electron chi connectivity index (χ3n) is 3.69. The molecule has 1 saturated heterocycles. The number of pyridine rings is 1. The Labute approximate surface area is 117 Å². The predicted octanol–water partition coefficient (Wildman–Crippen LogP) is 3.13. The summed E-state index contributed by atoms with van der Waals surface area (Å²) in [6, 6.07) is 4.53. The van der Waals surface area contributed by atoms with E-state index in [1.807, 2.05) is 0 Å². The van der Waals surface area contributed by atoms with Gasteiger partial charge in [-0.2, -0.15) is 0 Å². The topological polar surface area (TPSA) is 28.2 Å². The van der Waals surface area contributed by atoms with Crippen LogP contribution < -0.4 is 10.2 Å². The number of hydrogen-bond donors (Lipinski definition) is 1. The summed E-state index contributed by atoms with van der Waals surface area (Å²) in [5, 5.41) is 3.42. The molecule has 2 heterocycles. The van der Waals surface area contributed by atoms with Crippen LogP contribution in [0.2, 0.25) is 0 Å². The van der Waals surface area contributed by atoms with Gasteiger partial charge in [0, 0.05) is 25.3 Å². The van der Waals surface area contributed by atoms with Gasteiger partial charge in [-0.3, -0.25) is 0 Å². The number of nitrogens with zero attached hydrogens (tertiary/aromatic N) is 2. The minimum atomic E-state index is 0.955. The first-order chi connectivity index (χ1) is 9.33. The molecule has 0 amide bonds. The third kappa shape index (κ3) is 4.20. The molecule has 0 unspecified atom stereocenters. The zero-order valence-corrected chi connectivity index (χ0v) is 12.4. The van der Waals surface area contributed by atoms with Gasteiger partial charge in [-0.1, -0.05) is 20.3 Å². The molecule has 0 aliphatic carbocycles. The highest BCUT2D eigenvalue weighted by Crippen LogP contribution is 2.20. The third-order valence-corrected chi connectivity index (χ3v) is 3.69. The Bertz CT molecular complexity index is 384. The molecule has 1 N–H and O–H groups in total. The molecule has 0 spiro atoms. The van der Waals surface area contributed by atoms with E-state index in [0.29, 0.717) is 0 Å². The summed E-state index contributed by atoms with van der Waals surface area (Å²) in [5.41, 5.74) is 2.62. The number of aryl methyl sites for hydroxylation is 1. The zero-order valence-electron chi connectivity index (χ0n) is 12.4. The number of anilines is 1. The average molecular weight is 261 g/mol. The molecule has 3 heteroatoms. The monoisotopic (exact) mass is 261 g/mol. The predicted molar refractivity (Wildman–Crippen MR) is 81.7 cm³/mol. The first kappa shape index (κ1) is 14.3. The maximum absolute atomic E-state index is 4.85. The molecule has 19 heavy (non-hydrogen) atoms. The Balaban J connectivity index is 2.17. The van der Waals surface area contributed by atoms with Crippen molar-refractivity contribution in [3.05, 3.63) is 23.4 Å². The number of hydrogen-bond acceptors (Lipinski definition) is 3. The molecule has 1 aliphatic rings. The van der Waals surface area contributed by atoms with E-state index in [0.717, 1.165) is 25.9 Å². The van der Waals surface area contributed by atoms with Crippen molar-refractivity contribution in [3.63, 3.8) is 0 Å². The summed E-state index contributed by atoms with van der Waals surface area (Å²) < 4.78 is 0. The summed E-state index contributed by atoms with van der Waals surface area (Å²) in [4.78, 5) is 7.31. The quantitative estimate of drug-likeness (QED) is 0.852. The smallest absolute Gasteiger partial charge is 0.129 e. The highest BCUT2D eigenvalue weighted by Gasteiger charge is 2.13. The Hall–Kier alpha value is -1.09.